The number of benzene rings is 1. The zero-order valence-corrected chi connectivity index (χ0v) is 12.7. The molecule has 0 bridgehead atoms. The monoisotopic (exact) mass is 315 g/mol. The standard InChI is InChI=1S/C16H17N3O4/c1-10-7-11(16(20)21)9-18(8-10)15-13-3-2-4-14(19(22)23)12(13)5-6-17-15/h2-6,10-11H,7-9H2,1H3,(H,20,21). The largest absolute Gasteiger partial charge is 0.481 e. The number of anilines is 1. The molecule has 0 saturated carbocycles. The molecule has 23 heavy (non-hydrogen) atoms. The van der Waals surface area contributed by atoms with Gasteiger partial charge in [-0.05, 0) is 18.4 Å². The molecule has 1 fully saturated rings. The van der Waals surface area contributed by atoms with E-state index in [1.165, 1.54) is 6.07 Å². The highest BCUT2D eigenvalue weighted by molar-refractivity contribution is 5.98. The molecular weight excluding hydrogens is 298 g/mol. The smallest absolute Gasteiger partial charge is 0.308 e. The summed E-state index contributed by atoms with van der Waals surface area (Å²) in [6.07, 6.45) is 2.18. The summed E-state index contributed by atoms with van der Waals surface area (Å²) < 4.78 is 0. The number of piperidine rings is 1. The van der Waals surface area contributed by atoms with Crippen molar-refractivity contribution in [3.8, 4) is 0 Å². The Hall–Kier alpha value is -2.70. The van der Waals surface area contributed by atoms with Gasteiger partial charge < -0.3 is 10.0 Å². The lowest BCUT2D eigenvalue weighted by Crippen LogP contribution is -2.43. The van der Waals surface area contributed by atoms with Gasteiger partial charge in [0.25, 0.3) is 5.69 Å². The number of hydrogen-bond acceptors (Lipinski definition) is 5. The van der Waals surface area contributed by atoms with E-state index >= 15 is 0 Å². The van der Waals surface area contributed by atoms with Crippen LogP contribution < -0.4 is 4.90 Å². The normalized spacial score (nSPS) is 21.3. The number of nitrogens with zero attached hydrogens (tertiary/aromatic N) is 3. The number of nitro groups is 1. The maximum absolute atomic E-state index is 11.3. The SMILES string of the molecule is CC1CC(C(=O)O)CN(c2nccc3c([N+](=O)[O-])cccc23)C1. The van der Waals surface area contributed by atoms with Crippen LogP contribution in [0.15, 0.2) is 30.5 Å². The molecule has 0 aliphatic carbocycles. The summed E-state index contributed by atoms with van der Waals surface area (Å²) >= 11 is 0. The molecule has 0 amide bonds. The predicted molar refractivity (Wildman–Crippen MR) is 85.5 cm³/mol. The molecule has 7 heteroatoms. The van der Waals surface area contributed by atoms with Crippen LogP contribution in [0.1, 0.15) is 13.3 Å². The number of carbonyl (C=O) groups is 1. The third kappa shape index (κ3) is 2.81. The highest BCUT2D eigenvalue weighted by Crippen LogP contribution is 2.33. The van der Waals surface area contributed by atoms with Gasteiger partial charge >= 0.3 is 5.97 Å². The molecule has 1 aliphatic heterocycles. The second-order valence-electron chi connectivity index (χ2n) is 6.04. The van der Waals surface area contributed by atoms with Gasteiger partial charge in [0.05, 0.1) is 16.2 Å². The molecule has 2 atom stereocenters. The van der Waals surface area contributed by atoms with E-state index in [-0.39, 0.29) is 11.6 Å². The van der Waals surface area contributed by atoms with Gasteiger partial charge in [-0.15, -0.1) is 0 Å². The van der Waals surface area contributed by atoms with Crippen molar-refractivity contribution in [2.24, 2.45) is 11.8 Å². The summed E-state index contributed by atoms with van der Waals surface area (Å²) in [6.45, 7) is 3.07. The molecule has 3 rings (SSSR count). The molecule has 2 heterocycles. The quantitative estimate of drug-likeness (QED) is 0.691. The van der Waals surface area contributed by atoms with Crippen LogP contribution in [0.4, 0.5) is 11.5 Å². The van der Waals surface area contributed by atoms with Crippen molar-refractivity contribution in [3.05, 3.63) is 40.6 Å². The van der Waals surface area contributed by atoms with E-state index in [1.54, 1.807) is 24.4 Å². The number of hydrogen-bond donors (Lipinski definition) is 1. The fourth-order valence-electron chi connectivity index (χ4n) is 3.29. The number of carboxylic acids is 1. The Balaban J connectivity index is 2.07. The van der Waals surface area contributed by atoms with Gasteiger partial charge in [-0.25, -0.2) is 4.98 Å². The van der Waals surface area contributed by atoms with E-state index in [2.05, 4.69) is 4.98 Å². The number of pyridine rings is 1. The van der Waals surface area contributed by atoms with Gasteiger partial charge in [0.1, 0.15) is 5.82 Å². The second kappa shape index (κ2) is 5.83. The zero-order chi connectivity index (χ0) is 16.6. The third-order valence-corrected chi connectivity index (χ3v) is 4.27. The second-order valence-corrected chi connectivity index (χ2v) is 6.04. The number of non-ortho nitro benzene ring substituents is 1. The fraction of sp³-hybridized carbons (Fsp3) is 0.375. The molecular formula is C16H17N3O4. The first-order chi connectivity index (χ1) is 11.0. The minimum atomic E-state index is -0.812. The Morgan fingerprint density at radius 2 is 2.13 bits per heavy atom. The number of aliphatic carboxylic acids is 1. The van der Waals surface area contributed by atoms with Crippen LogP contribution in [0.5, 0.6) is 0 Å². The highest BCUT2D eigenvalue weighted by Gasteiger charge is 2.31. The molecule has 1 aliphatic rings. The van der Waals surface area contributed by atoms with Gasteiger partial charge in [-0.2, -0.15) is 0 Å². The number of fused-ring (bicyclic) bond motifs is 1. The van der Waals surface area contributed by atoms with Gasteiger partial charge in [-0.1, -0.05) is 19.1 Å². The number of rotatable bonds is 3. The molecule has 2 aromatic rings. The Labute approximate surface area is 132 Å². The van der Waals surface area contributed by atoms with E-state index < -0.39 is 16.8 Å². The van der Waals surface area contributed by atoms with Crippen molar-refractivity contribution in [3.63, 3.8) is 0 Å². The molecule has 0 radical (unpaired) electrons. The molecule has 1 aromatic carbocycles. The number of nitro benzene ring substituents is 1. The average molecular weight is 315 g/mol. The third-order valence-electron chi connectivity index (χ3n) is 4.27. The van der Waals surface area contributed by atoms with Crippen LogP contribution >= 0.6 is 0 Å². The Morgan fingerprint density at radius 3 is 2.83 bits per heavy atom. The molecule has 120 valence electrons. The first-order valence-electron chi connectivity index (χ1n) is 7.47. The van der Waals surface area contributed by atoms with E-state index in [9.17, 15) is 20.0 Å². The van der Waals surface area contributed by atoms with E-state index in [0.29, 0.717) is 36.1 Å². The van der Waals surface area contributed by atoms with Crippen molar-refractivity contribution in [1.82, 2.24) is 4.98 Å². The van der Waals surface area contributed by atoms with E-state index in [1.807, 2.05) is 11.8 Å². The highest BCUT2D eigenvalue weighted by atomic mass is 16.6. The van der Waals surface area contributed by atoms with Crippen LogP contribution in [0, 0.1) is 22.0 Å². The van der Waals surface area contributed by atoms with Crippen LogP contribution in [-0.4, -0.2) is 34.1 Å². The summed E-state index contributed by atoms with van der Waals surface area (Å²) in [5.41, 5.74) is 0.0333. The topological polar surface area (TPSA) is 96.6 Å². The number of aromatic nitrogens is 1. The Morgan fingerprint density at radius 1 is 1.35 bits per heavy atom. The summed E-state index contributed by atoms with van der Waals surface area (Å²) in [5, 5.41) is 21.7. The van der Waals surface area contributed by atoms with Crippen molar-refractivity contribution in [2.75, 3.05) is 18.0 Å². The molecule has 7 nitrogen and oxygen atoms in total. The van der Waals surface area contributed by atoms with Gasteiger partial charge in [0.2, 0.25) is 0 Å². The maximum atomic E-state index is 11.3. The Kier molecular flexibility index (Phi) is 3.85. The van der Waals surface area contributed by atoms with E-state index in [4.69, 9.17) is 0 Å². The van der Waals surface area contributed by atoms with Crippen LogP contribution in [0.2, 0.25) is 0 Å². The first-order valence-corrected chi connectivity index (χ1v) is 7.47. The van der Waals surface area contributed by atoms with Gasteiger partial charge in [0, 0.05) is 30.7 Å². The summed E-state index contributed by atoms with van der Waals surface area (Å²) in [6, 6.07) is 6.51. The van der Waals surface area contributed by atoms with Crippen LogP contribution in [-0.2, 0) is 4.79 Å². The number of carboxylic acid groups (broad SMARTS) is 1. The van der Waals surface area contributed by atoms with Crippen LogP contribution in [0.3, 0.4) is 0 Å². The summed E-state index contributed by atoms with van der Waals surface area (Å²) in [7, 11) is 0. The van der Waals surface area contributed by atoms with Gasteiger partial charge in [0.15, 0.2) is 0 Å². The average Bonchev–Trinajstić information content (AvgIpc) is 2.52. The molecule has 0 spiro atoms. The Bertz CT molecular complexity index is 777. The van der Waals surface area contributed by atoms with Crippen molar-refractivity contribution in [1.29, 1.82) is 0 Å². The zero-order valence-electron chi connectivity index (χ0n) is 12.7. The summed E-state index contributed by atoms with van der Waals surface area (Å²) in [4.78, 5) is 28.4. The van der Waals surface area contributed by atoms with Crippen molar-refractivity contribution >= 4 is 28.2 Å². The van der Waals surface area contributed by atoms with Crippen molar-refractivity contribution < 1.29 is 14.8 Å². The molecule has 1 aromatic heterocycles. The van der Waals surface area contributed by atoms with E-state index in [0.717, 1.165) is 0 Å². The van der Waals surface area contributed by atoms with Crippen LogP contribution in [0.25, 0.3) is 10.8 Å². The molecule has 2 unspecified atom stereocenters. The molecule has 1 N–H and O–H groups in total. The lowest BCUT2D eigenvalue weighted by Gasteiger charge is -2.35. The maximum Gasteiger partial charge on any atom is 0.308 e. The van der Waals surface area contributed by atoms with Crippen molar-refractivity contribution in [2.45, 2.75) is 13.3 Å². The molecule has 1 saturated heterocycles. The summed E-state index contributed by atoms with van der Waals surface area (Å²) in [5.74, 6) is -0.424. The van der Waals surface area contributed by atoms with Gasteiger partial charge in [-0.3, -0.25) is 14.9 Å². The lowest BCUT2D eigenvalue weighted by molar-refractivity contribution is -0.383. The fourth-order valence-corrected chi connectivity index (χ4v) is 3.29. The lowest BCUT2D eigenvalue weighted by atomic mass is 9.90. The minimum absolute atomic E-state index is 0.0333. The predicted octanol–water partition coefficient (Wildman–Crippen LogP) is 2.69. The first kappa shape index (κ1) is 15.2. The minimum Gasteiger partial charge on any atom is -0.481 e.